The molecule has 0 unspecified atom stereocenters. The number of alkyl halides is 3. The molecule has 0 saturated carbocycles. The van der Waals surface area contributed by atoms with Crippen molar-refractivity contribution in [1.82, 2.24) is 29.8 Å². The van der Waals surface area contributed by atoms with Crippen LogP contribution in [-0.4, -0.2) is 29.8 Å². The van der Waals surface area contributed by atoms with Crippen LogP contribution < -0.4 is 0 Å². The molecule has 0 bridgehead atoms. The highest BCUT2D eigenvalue weighted by atomic mass is 35.5. The van der Waals surface area contributed by atoms with E-state index in [0.717, 1.165) is 22.3 Å². The Hall–Kier alpha value is -2.72. The molecule has 30 heavy (non-hydrogen) atoms. The molecule has 0 atom stereocenters. The summed E-state index contributed by atoms with van der Waals surface area (Å²) in [5.74, 6) is 0. The van der Waals surface area contributed by atoms with Gasteiger partial charge in [0.2, 0.25) is 0 Å². The van der Waals surface area contributed by atoms with E-state index in [2.05, 4.69) is 20.4 Å². The summed E-state index contributed by atoms with van der Waals surface area (Å²) in [6.45, 7) is 2.28. The van der Waals surface area contributed by atoms with E-state index in [1.54, 1.807) is 11.6 Å². The summed E-state index contributed by atoms with van der Waals surface area (Å²) in [6, 6.07) is 10.5. The largest absolute Gasteiger partial charge is 0.435 e. The van der Waals surface area contributed by atoms with E-state index in [-0.39, 0.29) is 6.54 Å². The Morgan fingerprint density at radius 3 is 2.53 bits per heavy atom. The van der Waals surface area contributed by atoms with Gasteiger partial charge in [0, 0.05) is 23.3 Å². The lowest BCUT2D eigenvalue weighted by atomic mass is 10.2. The number of aryl methyl sites for hydroxylation is 1. The number of hydrogen-bond donors (Lipinski definition) is 0. The van der Waals surface area contributed by atoms with Gasteiger partial charge in [-0.2, -0.15) is 23.4 Å². The van der Waals surface area contributed by atoms with Gasteiger partial charge in [-0.1, -0.05) is 41.1 Å². The van der Waals surface area contributed by atoms with Gasteiger partial charge in [0.1, 0.15) is 10.0 Å². The summed E-state index contributed by atoms with van der Waals surface area (Å²) >= 11 is 7.52. The molecule has 0 aliphatic heterocycles. The van der Waals surface area contributed by atoms with Crippen molar-refractivity contribution in [2.75, 3.05) is 0 Å². The maximum absolute atomic E-state index is 12.8. The van der Waals surface area contributed by atoms with Gasteiger partial charge in [0.15, 0.2) is 5.69 Å². The summed E-state index contributed by atoms with van der Waals surface area (Å²) in [7, 11) is 0. The molecule has 0 saturated heterocycles. The van der Waals surface area contributed by atoms with Crippen LogP contribution in [0.25, 0.3) is 0 Å². The van der Waals surface area contributed by atoms with Gasteiger partial charge in [-0.15, -0.1) is 10.2 Å². The number of rotatable bonds is 6. The summed E-state index contributed by atoms with van der Waals surface area (Å²) in [5.41, 5.74) is 1.30. The summed E-state index contributed by atoms with van der Waals surface area (Å²) < 4.78 is 41.5. The van der Waals surface area contributed by atoms with Crippen molar-refractivity contribution in [3.8, 4) is 0 Å². The van der Waals surface area contributed by atoms with Crippen LogP contribution in [0, 0.1) is 6.92 Å². The number of hydrogen-bond acceptors (Lipinski definition) is 5. The lowest BCUT2D eigenvalue weighted by Crippen LogP contribution is -2.09. The van der Waals surface area contributed by atoms with Crippen molar-refractivity contribution in [3.63, 3.8) is 0 Å². The van der Waals surface area contributed by atoms with Gasteiger partial charge in [0.25, 0.3) is 0 Å². The normalized spacial score (nSPS) is 11.9. The Bertz CT molecular complexity index is 1160. The molecule has 4 aromatic rings. The third-order valence-corrected chi connectivity index (χ3v) is 5.66. The molecule has 6 nitrogen and oxygen atoms in total. The smallest absolute Gasteiger partial charge is 0.268 e. The van der Waals surface area contributed by atoms with Crippen molar-refractivity contribution in [2.24, 2.45) is 0 Å². The van der Waals surface area contributed by atoms with Crippen molar-refractivity contribution < 1.29 is 13.2 Å². The quantitative estimate of drug-likeness (QED) is 0.429. The van der Waals surface area contributed by atoms with Crippen LogP contribution >= 0.6 is 22.9 Å². The zero-order chi connectivity index (χ0) is 21.3. The van der Waals surface area contributed by atoms with Crippen molar-refractivity contribution in [3.05, 3.63) is 80.3 Å². The topological polar surface area (TPSA) is 61.4 Å². The minimum Gasteiger partial charge on any atom is -0.268 e. The van der Waals surface area contributed by atoms with Gasteiger partial charge in [0.05, 0.1) is 18.8 Å². The van der Waals surface area contributed by atoms with Gasteiger partial charge >= 0.3 is 6.18 Å². The SMILES string of the molecule is Cc1cc(C(F)(F)F)nn1Cc1nnc(Cc2ccn(Cc3ccccc3Cl)n2)s1. The Kier molecular flexibility index (Phi) is 5.61. The number of nitrogens with zero attached hydrogens (tertiary/aromatic N) is 6. The van der Waals surface area contributed by atoms with E-state index in [0.29, 0.717) is 28.7 Å². The number of benzene rings is 1. The highest BCUT2D eigenvalue weighted by molar-refractivity contribution is 7.11. The predicted octanol–water partition coefficient (Wildman–Crippen LogP) is 4.60. The zero-order valence-electron chi connectivity index (χ0n) is 15.8. The van der Waals surface area contributed by atoms with Crippen LogP contribution in [0.3, 0.4) is 0 Å². The van der Waals surface area contributed by atoms with Crippen LogP contribution in [-0.2, 0) is 25.7 Å². The van der Waals surface area contributed by atoms with E-state index < -0.39 is 11.9 Å². The molecule has 0 spiro atoms. The summed E-state index contributed by atoms with van der Waals surface area (Å²) in [6.07, 6.45) is -2.11. The first kappa shape index (κ1) is 20.5. The molecule has 3 aromatic heterocycles. The maximum Gasteiger partial charge on any atom is 0.435 e. The van der Waals surface area contributed by atoms with Crippen molar-refractivity contribution >= 4 is 22.9 Å². The highest BCUT2D eigenvalue weighted by Gasteiger charge is 2.34. The van der Waals surface area contributed by atoms with E-state index in [9.17, 15) is 13.2 Å². The Morgan fingerprint density at radius 2 is 1.80 bits per heavy atom. The van der Waals surface area contributed by atoms with Crippen LogP contribution in [0.15, 0.2) is 42.6 Å². The van der Waals surface area contributed by atoms with Crippen molar-refractivity contribution in [1.29, 1.82) is 0 Å². The van der Waals surface area contributed by atoms with Gasteiger partial charge in [-0.05, 0) is 30.7 Å². The molecule has 0 fully saturated rings. The first-order valence-electron chi connectivity index (χ1n) is 8.96. The third kappa shape index (κ3) is 4.71. The second-order valence-corrected chi connectivity index (χ2v) is 8.24. The second kappa shape index (κ2) is 8.19. The Morgan fingerprint density at radius 1 is 1.03 bits per heavy atom. The molecule has 3 heterocycles. The first-order valence-corrected chi connectivity index (χ1v) is 10.2. The first-order chi connectivity index (χ1) is 14.3. The lowest BCUT2D eigenvalue weighted by molar-refractivity contribution is -0.141. The van der Waals surface area contributed by atoms with Gasteiger partial charge in [-0.3, -0.25) is 9.36 Å². The number of aromatic nitrogens is 6. The fourth-order valence-corrected chi connectivity index (χ4v) is 3.94. The number of halogens is 4. The molecule has 0 N–H and O–H groups in total. The Balaban J connectivity index is 1.41. The molecular formula is C19H16ClF3N6S. The molecule has 1 aromatic carbocycles. The standard InChI is InChI=1S/C19H16ClF3N6S/c1-12-8-16(19(21,22)23)27-29(12)11-18-25-24-17(30-18)9-14-6-7-28(26-14)10-13-4-2-3-5-15(13)20/h2-8H,9-11H2,1H3. The van der Waals surface area contributed by atoms with E-state index in [4.69, 9.17) is 11.6 Å². The van der Waals surface area contributed by atoms with E-state index >= 15 is 0 Å². The molecule has 11 heteroatoms. The average molecular weight is 453 g/mol. The highest BCUT2D eigenvalue weighted by Crippen LogP contribution is 2.28. The van der Waals surface area contributed by atoms with Crippen LogP contribution in [0.2, 0.25) is 5.02 Å². The molecular weight excluding hydrogens is 437 g/mol. The van der Waals surface area contributed by atoms with E-state index in [1.165, 1.54) is 16.0 Å². The van der Waals surface area contributed by atoms with Gasteiger partial charge in [-0.25, -0.2) is 0 Å². The monoisotopic (exact) mass is 452 g/mol. The molecule has 0 aliphatic carbocycles. The zero-order valence-corrected chi connectivity index (χ0v) is 17.3. The molecule has 0 amide bonds. The van der Waals surface area contributed by atoms with Crippen molar-refractivity contribution in [2.45, 2.75) is 32.6 Å². The summed E-state index contributed by atoms with van der Waals surface area (Å²) in [5, 5.41) is 18.4. The minimum atomic E-state index is -4.47. The van der Waals surface area contributed by atoms with Crippen LogP contribution in [0.1, 0.15) is 32.7 Å². The lowest BCUT2D eigenvalue weighted by Gasteiger charge is -2.03. The average Bonchev–Trinajstić information content (AvgIpc) is 3.39. The van der Waals surface area contributed by atoms with Gasteiger partial charge < -0.3 is 0 Å². The molecule has 0 radical (unpaired) electrons. The second-order valence-electron chi connectivity index (χ2n) is 6.69. The molecule has 0 aliphatic rings. The minimum absolute atomic E-state index is 0.139. The van der Waals surface area contributed by atoms with Crippen LogP contribution in [0.5, 0.6) is 0 Å². The predicted molar refractivity (Wildman–Crippen MR) is 107 cm³/mol. The molecule has 4 rings (SSSR count). The third-order valence-electron chi connectivity index (χ3n) is 4.38. The Labute approximate surface area is 178 Å². The van der Waals surface area contributed by atoms with E-state index in [1.807, 2.05) is 36.5 Å². The molecule has 156 valence electrons. The summed E-state index contributed by atoms with van der Waals surface area (Å²) in [4.78, 5) is 0. The fourth-order valence-electron chi connectivity index (χ4n) is 2.90. The van der Waals surface area contributed by atoms with Crippen LogP contribution in [0.4, 0.5) is 13.2 Å². The maximum atomic E-state index is 12.8. The fraction of sp³-hybridized carbons (Fsp3) is 0.263.